The van der Waals surface area contributed by atoms with E-state index in [2.05, 4.69) is 10.2 Å². The number of rotatable bonds is 8. The standard InChI is InChI=1S/C17H20N2O5S/c1-5-15-18-19-17(24-15)25-14(16(20)21)9-11-6-7-12(23-10(2)3)13(8-11)22-4/h6-10H,5H2,1-4H3,(H,20,21)/b14-9+. The van der Waals surface area contributed by atoms with E-state index in [1.54, 1.807) is 18.2 Å². The predicted octanol–water partition coefficient (Wildman–Crippen LogP) is 3.65. The van der Waals surface area contributed by atoms with Crippen LogP contribution in [0.1, 0.15) is 32.2 Å². The maximum absolute atomic E-state index is 11.5. The van der Waals surface area contributed by atoms with E-state index in [9.17, 15) is 9.90 Å². The van der Waals surface area contributed by atoms with Gasteiger partial charge in [-0.05, 0) is 49.4 Å². The lowest BCUT2D eigenvalue weighted by molar-refractivity contribution is -0.131. The van der Waals surface area contributed by atoms with Crippen molar-refractivity contribution in [1.82, 2.24) is 10.2 Å². The third-order valence-electron chi connectivity index (χ3n) is 3.01. The van der Waals surface area contributed by atoms with E-state index in [4.69, 9.17) is 13.9 Å². The molecule has 1 aromatic carbocycles. The van der Waals surface area contributed by atoms with Crippen LogP contribution >= 0.6 is 11.8 Å². The Hall–Kier alpha value is -2.48. The normalized spacial score (nSPS) is 11.6. The van der Waals surface area contributed by atoms with Crippen molar-refractivity contribution in [3.8, 4) is 11.5 Å². The van der Waals surface area contributed by atoms with Crippen molar-refractivity contribution in [3.63, 3.8) is 0 Å². The van der Waals surface area contributed by atoms with Crippen LogP contribution in [0.3, 0.4) is 0 Å². The number of aliphatic carboxylic acids is 1. The largest absolute Gasteiger partial charge is 0.493 e. The molecule has 0 amide bonds. The fourth-order valence-corrected chi connectivity index (χ4v) is 2.62. The van der Waals surface area contributed by atoms with Gasteiger partial charge in [0.15, 0.2) is 11.5 Å². The van der Waals surface area contributed by atoms with Gasteiger partial charge in [-0.1, -0.05) is 13.0 Å². The van der Waals surface area contributed by atoms with Crippen LogP contribution in [0.25, 0.3) is 6.08 Å². The Kier molecular flexibility index (Phi) is 6.46. The molecule has 1 aromatic heterocycles. The highest BCUT2D eigenvalue weighted by atomic mass is 32.2. The number of thioether (sulfide) groups is 1. The van der Waals surface area contributed by atoms with E-state index in [1.807, 2.05) is 20.8 Å². The summed E-state index contributed by atoms with van der Waals surface area (Å²) in [4.78, 5) is 11.6. The van der Waals surface area contributed by atoms with Gasteiger partial charge in [0.2, 0.25) is 5.89 Å². The van der Waals surface area contributed by atoms with Gasteiger partial charge in [0.25, 0.3) is 5.22 Å². The van der Waals surface area contributed by atoms with Crippen LogP contribution in [0.4, 0.5) is 0 Å². The van der Waals surface area contributed by atoms with E-state index in [0.717, 1.165) is 11.8 Å². The van der Waals surface area contributed by atoms with Gasteiger partial charge >= 0.3 is 5.97 Å². The van der Waals surface area contributed by atoms with Crippen LogP contribution in [0.5, 0.6) is 11.5 Å². The van der Waals surface area contributed by atoms with Crippen LogP contribution < -0.4 is 9.47 Å². The summed E-state index contributed by atoms with van der Waals surface area (Å²) >= 11 is 0.905. The molecule has 0 aliphatic carbocycles. The molecule has 2 rings (SSSR count). The van der Waals surface area contributed by atoms with Gasteiger partial charge in [0.05, 0.1) is 13.2 Å². The Morgan fingerprint density at radius 3 is 2.68 bits per heavy atom. The van der Waals surface area contributed by atoms with E-state index >= 15 is 0 Å². The number of ether oxygens (including phenoxy) is 2. The summed E-state index contributed by atoms with van der Waals surface area (Å²) in [6, 6.07) is 5.22. The SMILES string of the molecule is CCc1nnc(S/C(=C/c2ccc(OC(C)C)c(OC)c2)C(=O)O)o1. The molecule has 0 radical (unpaired) electrons. The smallest absolute Gasteiger partial charge is 0.342 e. The van der Waals surface area contributed by atoms with Gasteiger partial charge < -0.3 is 19.0 Å². The summed E-state index contributed by atoms with van der Waals surface area (Å²) in [5.41, 5.74) is 0.660. The maximum atomic E-state index is 11.5. The highest BCUT2D eigenvalue weighted by Gasteiger charge is 2.15. The molecule has 0 aliphatic heterocycles. The minimum Gasteiger partial charge on any atom is -0.493 e. The summed E-state index contributed by atoms with van der Waals surface area (Å²) in [7, 11) is 1.54. The van der Waals surface area contributed by atoms with Crippen molar-refractivity contribution < 1.29 is 23.8 Å². The minimum atomic E-state index is -1.08. The molecule has 8 heteroatoms. The van der Waals surface area contributed by atoms with Gasteiger partial charge in [0.1, 0.15) is 4.91 Å². The second kappa shape index (κ2) is 8.57. The second-order valence-corrected chi connectivity index (χ2v) is 6.30. The van der Waals surface area contributed by atoms with Gasteiger partial charge in [0, 0.05) is 6.42 Å². The third kappa shape index (κ3) is 5.25. The fraction of sp³-hybridized carbons (Fsp3) is 0.353. The molecule has 0 fully saturated rings. The lowest BCUT2D eigenvalue weighted by Gasteiger charge is -2.13. The van der Waals surface area contributed by atoms with Crippen molar-refractivity contribution >= 4 is 23.8 Å². The monoisotopic (exact) mass is 364 g/mol. The first-order chi connectivity index (χ1) is 11.9. The van der Waals surface area contributed by atoms with Crippen LogP contribution in [0.2, 0.25) is 0 Å². The summed E-state index contributed by atoms with van der Waals surface area (Å²) in [5.74, 6) is 0.513. The van der Waals surface area contributed by atoms with Gasteiger partial charge in [-0.3, -0.25) is 0 Å². The molecule has 0 aliphatic rings. The van der Waals surface area contributed by atoms with Crippen LogP contribution in [0, 0.1) is 0 Å². The molecule has 1 N–H and O–H groups in total. The number of carbonyl (C=O) groups is 1. The number of hydrogen-bond donors (Lipinski definition) is 1. The molecule has 2 aromatic rings. The first-order valence-corrected chi connectivity index (χ1v) is 8.54. The van der Waals surface area contributed by atoms with Crippen LogP contribution in [-0.2, 0) is 11.2 Å². The second-order valence-electron chi connectivity index (χ2n) is 5.31. The number of methoxy groups -OCH3 is 1. The number of carboxylic acids is 1. The maximum Gasteiger partial charge on any atom is 0.342 e. The zero-order valence-corrected chi connectivity index (χ0v) is 15.3. The highest BCUT2D eigenvalue weighted by molar-refractivity contribution is 8.03. The van der Waals surface area contributed by atoms with Crippen molar-refractivity contribution in [3.05, 3.63) is 34.6 Å². The van der Waals surface area contributed by atoms with E-state index in [0.29, 0.717) is 29.4 Å². The number of benzene rings is 1. The van der Waals surface area contributed by atoms with Crippen LogP contribution in [-0.4, -0.2) is 34.5 Å². The Bertz CT molecular complexity index is 770. The van der Waals surface area contributed by atoms with Gasteiger partial charge in [-0.15, -0.1) is 10.2 Å². The molecular weight excluding hydrogens is 344 g/mol. The molecule has 134 valence electrons. The van der Waals surface area contributed by atoms with Crippen molar-refractivity contribution in [2.45, 2.75) is 38.5 Å². The average molecular weight is 364 g/mol. The minimum absolute atomic E-state index is 0.00529. The third-order valence-corrected chi connectivity index (χ3v) is 3.86. The van der Waals surface area contributed by atoms with Crippen LogP contribution in [0.15, 0.2) is 32.7 Å². The molecule has 0 atom stereocenters. The van der Waals surface area contributed by atoms with Crippen molar-refractivity contribution in [1.29, 1.82) is 0 Å². The Morgan fingerprint density at radius 2 is 2.12 bits per heavy atom. The molecule has 1 heterocycles. The summed E-state index contributed by atoms with van der Waals surface area (Å²) in [6.45, 7) is 5.71. The fourth-order valence-electron chi connectivity index (χ4n) is 1.93. The zero-order chi connectivity index (χ0) is 18.4. The lowest BCUT2D eigenvalue weighted by atomic mass is 10.2. The average Bonchev–Trinajstić information content (AvgIpc) is 3.02. The molecule has 0 bridgehead atoms. The lowest BCUT2D eigenvalue weighted by Crippen LogP contribution is -2.06. The number of aromatic nitrogens is 2. The van der Waals surface area contributed by atoms with Gasteiger partial charge in [-0.25, -0.2) is 4.79 Å². The number of hydrogen-bond acceptors (Lipinski definition) is 7. The molecule has 25 heavy (non-hydrogen) atoms. The topological polar surface area (TPSA) is 94.7 Å². The van der Waals surface area contributed by atoms with E-state index in [-0.39, 0.29) is 16.2 Å². The molecule has 7 nitrogen and oxygen atoms in total. The molecule has 0 unspecified atom stereocenters. The summed E-state index contributed by atoms with van der Waals surface area (Å²) < 4.78 is 16.3. The molecule has 0 saturated heterocycles. The quantitative estimate of drug-likeness (QED) is 0.560. The highest BCUT2D eigenvalue weighted by Crippen LogP contribution is 2.32. The predicted molar refractivity (Wildman–Crippen MR) is 93.9 cm³/mol. The van der Waals surface area contributed by atoms with E-state index in [1.165, 1.54) is 13.2 Å². The Labute approximate surface area is 150 Å². The molecular formula is C17H20N2O5S. The van der Waals surface area contributed by atoms with Crippen molar-refractivity contribution in [2.24, 2.45) is 0 Å². The summed E-state index contributed by atoms with van der Waals surface area (Å²) in [6.07, 6.45) is 2.12. The van der Waals surface area contributed by atoms with E-state index < -0.39 is 5.97 Å². The van der Waals surface area contributed by atoms with Crippen molar-refractivity contribution in [2.75, 3.05) is 7.11 Å². The first kappa shape index (κ1) is 18.9. The molecule has 0 spiro atoms. The first-order valence-electron chi connectivity index (χ1n) is 7.72. The number of nitrogens with zero attached hydrogens (tertiary/aromatic N) is 2. The number of carboxylic acid groups (broad SMARTS) is 1. The Morgan fingerprint density at radius 1 is 1.36 bits per heavy atom. The zero-order valence-electron chi connectivity index (χ0n) is 14.5. The molecule has 0 saturated carbocycles. The van der Waals surface area contributed by atoms with Gasteiger partial charge in [-0.2, -0.15) is 0 Å². The summed E-state index contributed by atoms with van der Waals surface area (Å²) in [5, 5.41) is 17.3. The Balaban J connectivity index is 2.28. The number of aryl methyl sites for hydroxylation is 1.